The number of hydrogen-bond acceptors (Lipinski definition) is 2. The number of rotatable bonds is 8. The molecular weight excluding hydrogens is 164 g/mol. The lowest BCUT2D eigenvalue weighted by Gasteiger charge is -2.12. The van der Waals surface area contributed by atoms with E-state index in [1.807, 2.05) is 6.92 Å². The minimum Gasteiger partial charge on any atom is -0.396 e. The van der Waals surface area contributed by atoms with Gasteiger partial charge in [-0.25, -0.2) is 0 Å². The molecule has 0 rings (SSSR count). The number of hydrogen-bond donors (Lipinski definition) is 2. The minimum atomic E-state index is -0.160. The van der Waals surface area contributed by atoms with Crippen molar-refractivity contribution in [1.82, 2.24) is 0 Å². The molecular formula is C11H24O2. The number of unbranched alkanes of at least 4 members (excludes halogenated alkanes) is 3. The molecule has 0 aliphatic carbocycles. The van der Waals surface area contributed by atoms with Crippen LogP contribution in [0.3, 0.4) is 0 Å². The second kappa shape index (κ2) is 8.52. The fourth-order valence-corrected chi connectivity index (χ4v) is 1.66. The SMILES string of the molecule is CC(O)CC(C)CCCCCCO. The molecule has 0 aromatic carbocycles. The van der Waals surface area contributed by atoms with Gasteiger partial charge in [0.15, 0.2) is 0 Å². The zero-order valence-corrected chi connectivity index (χ0v) is 9.00. The van der Waals surface area contributed by atoms with Crippen molar-refractivity contribution in [1.29, 1.82) is 0 Å². The summed E-state index contributed by atoms with van der Waals surface area (Å²) in [5, 5.41) is 17.7. The van der Waals surface area contributed by atoms with E-state index in [2.05, 4.69) is 6.92 Å². The maximum Gasteiger partial charge on any atom is 0.0514 e. The van der Waals surface area contributed by atoms with Crippen LogP contribution in [0.1, 0.15) is 52.4 Å². The molecule has 13 heavy (non-hydrogen) atoms. The molecule has 0 fully saturated rings. The first-order chi connectivity index (χ1) is 6.16. The summed E-state index contributed by atoms with van der Waals surface area (Å²) >= 11 is 0. The van der Waals surface area contributed by atoms with Crippen molar-refractivity contribution in [2.24, 2.45) is 5.92 Å². The van der Waals surface area contributed by atoms with Crippen LogP contribution in [0.25, 0.3) is 0 Å². The van der Waals surface area contributed by atoms with Gasteiger partial charge in [0.05, 0.1) is 6.10 Å². The summed E-state index contributed by atoms with van der Waals surface area (Å²) in [6, 6.07) is 0. The molecule has 2 atom stereocenters. The molecule has 80 valence electrons. The first-order valence-corrected chi connectivity index (χ1v) is 5.45. The monoisotopic (exact) mass is 188 g/mol. The maximum absolute atomic E-state index is 9.13. The Labute approximate surface area is 82.0 Å². The molecule has 0 radical (unpaired) electrons. The quantitative estimate of drug-likeness (QED) is 0.574. The van der Waals surface area contributed by atoms with Crippen molar-refractivity contribution in [3.8, 4) is 0 Å². The van der Waals surface area contributed by atoms with Gasteiger partial charge in [-0.1, -0.05) is 32.6 Å². The second-order valence-corrected chi connectivity index (χ2v) is 4.12. The van der Waals surface area contributed by atoms with Crippen LogP contribution in [0.5, 0.6) is 0 Å². The Morgan fingerprint density at radius 3 is 2.15 bits per heavy atom. The van der Waals surface area contributed by atoms with Crippen molar-refractivity contribution in [2.75, 3.05) is 6.61 Å². The van der Waals surface area contributed by atoms with E-state index in [0.717, 1.165) is 19.3 Å². The highest BCUT2D eigenvalue weighted by molar-refractivity contribution is 4.57. The lowest BCUT2D eigenvalue weighted by atomic mass is 9.97. The summed E-state index contributed by atoms with van der Waals surface area (Å²) in [6.45, 7) is 4.37. The van der Waals surface area contributed by atoms with E-state index in [1.54, 1.807) is 0 Å². The molecule has 0 aliphatic heterocycles. The van der Waals surface area contributed by atoms with Crippen molar-refractivity contribution in [2.45, 2.75) is 58.5 Å². The Hall–Kier alpha value is -0.0800. The molecule has 0 saturated carbocycles. The third-order valence-corrected chi connectivity index (χ3v) is 2.35. The van der Waals surface area contributed by atoms with Crippen molar-refractivity contribution in [3.05, 3.63) is 0 Å². The molecule has 0 aromatic rings. The molecule has 0 heterocycles. The van der Waals surface area contributed by atoms with Crippen molar-refractivity contribution >= 4 is 0 Å². The molecule has 2 nitrogen and oxygen atoms in total. The predicted octanol–water partition coefficient (Wildman–Crippen LogP) is 2.34. The van der Waals surface area contributed by atoms with E-state index in [9.17, 15) is 0 Å². The van der Waals surface area contributed by atoms with Gasteiger partial charge in [-0.3, -0.25) is 0 Å². The summed E-state index contributed by atoms with van der Waals surface area (Å²) in [5.41, 5.74) is 0. The molecule has 0 bridgehead atoms. The van der Waals surface area contributed by atoms with Gasteiger partial charge in [-0.15, -0.1) is 0 Å². The van der Waals surface area contributed by atoms with E-state index < -0.39 is 0 Å². The van der Waals surface area contributed by atoms with Gasteiger partial charge in [0.25, 0.3) is 0 Å². The van der Waals surface area contributed by atoms with Gasteiger partial charge in [0.2, 0.25) is 0 Å². The Bertz CT molecular complexity index is 102. The molecule has 0 aliphatic rings. The Balaban J connectivity index is 3.12. The molecule has 0 aromatic heterocycles. The Morgan fingerprint density at radius 1 is 1.00 bits per heavy atom. The summed E-state index contributed by atoms with van der Waals surface area (Å²) in [4.78, 5) is 0. The van der Waals surface area contributed by atoms with Crippen LogP contribution in [0.4, 0.5) is 0 Å². The summed E-state index contributed by atoms with van der Waals surface area (Å²) < 4.78 is 0. The van der Waals surface area contributed by atoms with E-state index in [-0.39, 0.29) is 6.10 Å². The van der Waals surface area contributed by atoms with Gasteiger partial charge >= 0.3 is 0 Å². The van der Waals surface area contributed by atoms with Crippen LogP contribution in [0.2, 0.25) is 0 Å². The Kier molecular flexibility index (Phi) is 8.46. The summed E-state index contributed by atoms with van der Waals surface area (Å²) in [5.74, 6) is 0.633. The number of aliphatic hydroxyl groups excluding tert-OH is 2. The molecule has 0 amide bonds. The van der Waals surface area contributed by atoms with Crippen LogP contribution in [-0.2, 0) is 0 Å². The largest absolute Gasteiger partial charge is 0.396 e. The lowest BCUT2D eigenvalue weighted by Crippen LogP contribution is -2.06. The second-order valence-electron chi connectivity index (χ2n) is 4.12. The first-order valence-electron chi connectivity index (χ1n) is 5.45. The van der Waals surface area contributed by atoms with E-state index in [1.165, 1.54) is 19.3 Å². The predicted molar refractivity (Wildman–Crippen MR) is 55.6 cm³/mol. The van der Waals surface area contributed by atoms with E-state index in [4.69, 9.17) is 10.2 Å². The first kappa shape index (κ1) is 12.9. The third-order valence-electron chi connectivity index (χ3n) is 2.35. The van der Waals surface area contributed by atoms with Crippen LogP contribution >= 0.6 is 0 Å². The van der Waals surface area contributed by atoms with Gasteiger partial charge in [0.1, 0.15) is 0 Å². The van der Waals surface area contributed by atoms with Crippen LogP contribution in [0, 0.1) is 5.92 Å². The zero-order chi connectivity index (χ0) is 10.1. The molecule has 0 saturated heterocycles. The molecule has 0 spiro atoms. The molecule has 2 unspecified atom stereocenters. The van der Waals surface area contributed by atoms with Gasteiger partial charge < -0.3 is 10.2 Å². The lowest BCUT2D eigenvalue weighted by molar-refractivity contribution is 0.161. The summed E-state index contributed by atoms with van der Waals surface area (Å²) in [7, 11) is 0. The zero-order valence-electron chi connectivity index (χ0n) is 9.00. The number of aliphatic hydroxyl groups is 2. The van der Waals surface area contributed by atoms with Gasteiger partial charge in [-0.2, -0.15) is 0 Å². The van der Waals surface area contributed by atoms with E-state index >= 15 is 0 Å². The van der Waals surface area contributed by atoms with E-state index in [0.29, 0.717) is 12.5 Å². The standard InChI is InChI=1S/C11H24O2/c1-10(9-11(2)13)7-5-3-4-6-8-12/h10-13H,3-9H2,1-2H3. The average molecular weight is 188 g/mol. The summed E-state index contributed by atoms with van der Waals surface area (Å²) in [6.07, 6.45) is 6.48. The van der Waals surface area contributed by atoms with Crippen LogP contribution in [-0.4, -0.2) is 22.9 Å². The topological polar surface area (TPSA) is 40.5 Å². The van der Waals surface area contributed by atoms with Crippen molar-refractivity contribution in [3.63, 3.8) is 0 Å². The minimum absolute atomic E-state index is 0.160. The van der Waals surface area contributed by atoms with Gasteiger partial charge in [-0.05, 0) is 25.7 Å². The highest BCUT2D eigenvalue weighted by atomic mass is 16.3. The fourth-order valence-electron chi connectivity index (χ4n) is 1.66. The van der Waals surface area contributed by atoms with Gasteiger partial charge in [0, 0.05) is 6.61 Å². The third kappa shape index (κ3) is 9.84. The maximum atomic E-state index is 9.13. The fraction of sp³-hybridized carbons (Fsp3) is 1.00. The smallest absolute Gasteiger partial charge is 0.0514 e. The normalized spacial score (nSPS) is 15.7. The Morgan fingerprint density at radius 2 is 1.62 bits per heavy atom. The molecule has 2 N–H and O–H groups in total. The van der Waals surface area contributed by atoms with Crippen LogP contribution < -0.4 is 0 Å². The highest BCUT2D eigenvalue weighted by Crippen LogP contribution is 2.15. The molecule has 2 heteroatoms. The average Bonchev–Trinajstić information content (AvgIpc) is 2.02. The highest BCUT2D eigenvalue weighted by Gasteiger charge is 2.05. The van der Waals surface area contributed by atoms with Crippen molar-refractivity contribution < 1.29 is 10.2 Å². The van der Waals surface area contributed by atoms with Crippen LogP contribution in [0.15, 0.2) is 0 Å².